The smallest absolute Gasteiger partial charge is 0.271 e. The Morgan fingerprint density at radius 1 is 1.20 bits per heavy atom. The minimum absolute atomic E-state index is 0.276. The number of anilines is 1. The molecule has 0 atom stereocenters. The maximum atomic E-state index is 12.1. The zero-order valence-corrected chi connectivity index (χ0v) is 13.9. The first-order valence-corrected chi connectivity index (χ1v) is 7.95. The maximum Gasteiger partial charge on any atom is 0.271 e. The van der Waals surface area contributed by atoms with E-state index in [4.69, 9.17) is 4.42 Å². The van der Waals surface area contributed by atoms with Crippen LogP contribution >= 0.6 is 0 Å². The summed E-state index contributed by atoms with van der Waals surface area (Å²) in [4.78, 5) is 26.6. The van der Waals surface area contributed by atoms with Gasteiger partial charge in [0, 0.05) is 26.0 Å². The molecule has 3 aromatic rings. The van der Waals surface area contributed by atoms with Gasteiger partial charge in [-0.05, 0) is 36.2 Å². The van der Waals surface area contributed by atoms with Gasteiger partial charge in [0.05, 0.1) is 25.2 Å². The van der Waals surface area contributed by atoms with Crippen molar-refractivity contribution in [2.75, 3.05) is 18.5 Å². The largest absolute Gasteiger partial charge is 0.467 e. The van der Waals surface area contributed by atoms with Gasteiger partial charge >= 0.3 is 0 Å². The lowest BCUT2D eigenvalue weighted by molar-refractivity contribution is 0.0942. The van der Waals surface area contributed by atoms with E-state index in [9.17, 15) is 4.79 Å². The molecule has 0 aromatic carbocycles. The van der Waals surface area contributed by atoms with Crippen molar-refractivity contribution < 1.29 is 9.21 Å². The molecule has 0 radical (unpaired) electrons. The molecule has 0 aliphatic carbocycles. The second kappa shape index (κ2) is 8.05. The minimum atomic E-state index is -0.283. The zero-order valence-electron chi connectivity index (χ0n) is 13.9. The number of hydrogen-bond acceptors (Lipinski definition) is 6. The van der Waals surface area contributed by atoms with Gasteiger partial charge in [0.1, 0.15) is 17.3 Å². The normalized spacial score (nSPS) is 10.4. The van der Waals surface area contributed by atoms with Gasteiger partial charge in [0.15, 0.2) is 0 Å². The van der Waals surface area contributed by atoms with E-state index in [1.807, 2.05) is 24.1 Å². The Balaban J connectivity index is 1.53. The van der Waals surface area contributed by atoms with Crippen LogP contribution in [0.25, 0.3) is 0 Å². The lowest BCUT2D eigenvalue weighted by Gasteiger charge is -2.17. The van der Waals surface area contributed by atoms with Crippen LogP contribution in [0.4, 0.5) is 5.82 Å². The molecule has 3 heterocycles. The highest BCUT2D eigenvalue weighted by Gasteiger charge is 2.10. The number of nitrogens with zero attached hydrogens (tertiary/aromatic N) is 4. The Kier molecular flexibility index (Phi) is 5.36. The highest BCUT2D eigenvalue weighted by Crippen LogP contribution is 2.09. The molecule has 0 aliphatic rings. The lowest BCUT2D eigenvalue weighted by Crippen LogP contribution is -2.25. The van der Waals surface area contributed by atoms with Gasteiger partial charge in [-0.1, -0.05) is 0 Å². The van der Waals surface area contributed by atoms with Crippen LogP contribution in [0, 0.1) is 0 Å². The second-order valence-electron chi connectivity index (χ2n) is 5.55. The first-order valence-electron chi connectivity index (χ1n) is 7.95. The van der Waals surface area contributed by atoms with Gasteiger partial charge in [0.2, 0.25) is 0 Å². The summed E-state index contributed by atoms with van der Waals surface area (Å²) in [7, 11) is 1.95. The molecular formula is C18H19N5O2. The number of amides is 1. The van der Waals surface area contributed by atoms with E-state index in [2.05, 4.69) is 20.3 Å². The number of furan rings is 1. The fourth-order valence-electron chi connectivity index (χ4n) is 2.27. The first-order chi connectivity index (χ1) is 12.2. The predicted octanol–water partition coefficient (Wildman–Crippen LogP) is 2.07. The van der Waals surface area contributed by atoms with E-state index < -0.39 is 0 Å². The SMILES string of the molecule is CN(CCc1ccncc1)c1cnc(C(=O)NCc2ccco2)cn1. The number of hydrogen-bond donors (Lipinski definition) is 1. The van der Waals surface area contributed by atoms with E-state index in [1.165, 1.54) is 11.8 Å². The maximum absolute atomic E-state index is 12.1. The molecule has 7 nitrogen and oxygen atoms in total. The Morgan fingerprint density at radius 2 is 2.04 bits per heavy atom. The topological polar surface area (TPSA) is 84.2 Å². The van der Waals surface area contributed by atoms with Crippen LogP contribution in [0.1, 0.15) is 21.8 Å². The number of carbonyl (C=O) groups excluding carboxylic acids is 1. The molecule has 0 fully saturated rings. The van der Waals surface area contributed by atoms with Crippen molar-refractivity contribution in [3.8, 4) is 0 Å². The molecule has 0 bridgehead atoms. The lowest BCUT2D eigenvalue weighted by atomic mass is 10.2. The van der Waals surface area contributed by atoms with Crippen molar-refractivity contribution >= 4 is 11.7 Å². The van der Waals surface area contributed by atoms with E-state index in [1.54, 1.807) is 37.0 Å². The second-order valence-corrected chi connectivity index (χ2v) is 5.55. The average Bonchev–Trinajstić information content (AvgIpc) is 3.19. The molecule has 0 spiro atoms. The summed E-state index contributed by atoms with van der Waals surface area (Å²) in [6.45, 7) is 1.11. The average molecular weight is 337 g/mol. The molecule has 1 amide bonds. The van der Waals surface area contributed by atoms with Crippen molar-refractivity contribution in [3.63, 3.8) is 0 Å². The third kappa shape index (κ3) is 4.63. The Labute approximate surface area is 145 Å². The number of pyridine rings is 1. The van der Waals surface area contributed by atoms with Crippen molar-refractivity contribution in [2.45, 2.75) is 13.0 Å². The zero-order chi connectivity index (χ0) is 17.5. The Bertz CT molecular complexity index is 788. The van der Waals surface area contributed by atoms with Crippen molar-refractivity contribution in [1.82, 2.24) is 20.3 Å². The predicted molar refractivity (Wildman–Crippen MR) is 93.1 cm³/mol. The molecular weight excluding hydrogens is 318 g/mol. The van der Waals surface area contributed by atoms with Crippen LogP contribution in [-0.4, -0.2) is 34.5 Å². The standard InChI is InChI=1S/C18H19N5O2/c1-23(9-6-14-4-7-19-8-5-14)17-13-20-16(12-21-17)18(24)22-11-15-3-2-10-25-15/h2-5,7-8,10,12-13H,6,9,11H2,1H3,(H,22,24). The van der Waals surface area contributed by atoms with E-state index in [-0.39, 0.29) is 11.6 Å². The number of aromatic nitrogens is 3. The van der Waals surface area contributed by atoms with E-state index in [0.717, 1.165) is 18.8 Å². The molecule has 25 heavy (non-hydrogen) atoms. The Morgan fingerprint density at radius 3 is 2.72 bits per heavy atom. The molecule has 0 saturated carbocycles. The van der Waals surface area contributed by atoms with Gasteiger partial charge in [-0.2, -0.15) is 0 Å². The summed E-state index contributed by atoms with van der Waals surface area (Å²) in [6.07, 6.45) is 9.10. The Hall–Kier alpha value is -3.22. The summed E-state index contributed by atoms with van der Waals surface area (Å²) >= 11 is 0. The summed E-state index contributed by atoms with van der Waals surface area (Å²) < 4.78 is 5.17. The molecule has 3 rings (SSSR count). The van der Waals surface area contributed by atoms with Gasteiger partial charge in [-0.25, -0.2) is 9.97 Å². The first kappa shape index (κ1) is 16.6. The van der Waals surface area contributed by atoms with E-state index in [0.29, 0.717) is 12.3 Å². The quantitative estimate of drug-likeness (QED) is 0.710. The van der Waals surface area contributed by atoms with Gasteiger partial charge < -0.3 is 14.6 Å². The number of carbonyl (C=O) groups is 1. The van der Waals surface area contributed by atoms with Crippen LogP contribution in [0.3, 0.4) is 0 Å². The van der Waals surface area contributed by atoms with Crippen LogP contribution in [0.2, 0.25) is 0 Å². The summed E-state index contributed by atoms with van der Waals surface area (Å²) in [6, 6.07) is 7.56. The summed E-state index contributed by atoms with van der Waals surface area (Å²) in [5.41, 5.74) is 1.49. The van der Waals surface area contributed by atoms with Crippen LogP contribution in [-0.2, 0) is 13.0 Å². The third-order valence-corrected chi connectivity index (χ3v) is 3.75. The van der Waals surface area contributed by atoms with Crippen molar-refractivity contribution in [1.29, 1.82) is 0 Å². The van der Waals surface area contributed by atoms with E-state index >= 15 is 0 Å². The highest BCUT2D eigenvalue weighted by atomic mass is 16.3. The molecule has 0 unspecified atom stereocenters. The van der Waals surface area contributed by atoms with Gasteiger partial charge in [0.25, 0.3) is 5.91 Å². The van der Waals surface area contributed by atoms with Gasteiger partial charge in [-0.3, -0.25) is 9.78 Å². The van der Waals surface area contributed by atoms with Gasteiger partial charge in [-0.15, -0.1) is 0 Å². The minimum Gasteiger partial charge on any atom is -0.467 e. The monoisotopic (exact) mass is 337 g/mol. The molecule has 1 N–H and O–H groups in total. The number of likely N-dealkylation sites (N-methyl/N-ethyl adjacent to an activating group) is 1. The molecule has 0 saturated heterocycles. The molecule has 0 aliphatic heterocycles. The summed E-state index contributed by atoms with van der Waals surface area (Å²) in [5.74, 6) is 1.13. The molecule has 3 aromatic heterocycles. The fourth-order valence-corrected chi connectivity index (χ4v) is 2.27. The van der Waals surface area contributed by atoms with Crippen molar-refractivity contribution in [3.05, 3.63) is 72.3 Å². The molecule has 7 heteroatoms. The van der Waals surface area contributed by atoms with Crippen LogP contribution in [0.5, 0.6) is 0 Å². The van der Waals surface area contributed by atoms with Crippen LogP contribution in [0.15, 0.2) is 59.7 Å². The number of rotatable bonds is 7. The third-order valence-electron chi connectivity index (χ3n) is 3.75. The molecule has 128 valence electrons. The summed E-state index contributed by atoms with van der Waals surface area (Å²) in [5, 5.41) is 2.74. The van der Waals surface area contributed by atoms with Crippen molar-refractivity contribution in [2.24, 2.45) is 0 Å². The highest BCUT2D eigenvalue weighted by molar-refractivity contribution is 5.91. The fraction of sp³-hybridized carbons (Fsp3) is 0.222. The van der Waals surface area contributed by atoms with Crippen LogP contribution < -0.4 is 10.2 Å². The number of nitrogens with one attached hydrogen (secondary N) is 1.